The Morgan fingerprint density at radius 1 is 1.08 bits per heavy atom. The van der Waals surface area contributed by atoms with Crippen molar-refractivity contribution < 1.29 is 37.8 Å². The van der Waals surface area contributed by atoms with Crippen molar-refractivity contribution in [1.29, 1.82) is 0 Å². The lowest BCUT2D eigenvalue weighted by molar-refractivity contribution is -0.153. The maximum atomic E-state index is 15.6. The highest BCUT2D eigenvalue weighted by Crippen LogP contribution is 2.28. The Morgan fingerprint density at radius 3 is 2.36 bits per heavy atom. The Balaban J connectivity index is 1.66. The third-order valence-corrected chi connectivity index (χ3v) is 8.28. The predicted octanol–water partition coefficient (Wildman–Crippen LogP) is 5.09. The molecule has 4 atom stereocenters. The van der Waals surface area contributed by atoms with E-state index in [1.165, 1.54) is 31.0 Å². The molecule has 2 aromatic rings. The van der Waals surface area contributed by atoms with Crippen LogP contribution in [0.15, 0.2) is 30.3 Å². The molecule has 0 radical (unpaired) electrons. The lowest BCUT2D eigenvalue weighted by Crippen LogP contribution is -2.61. The van der Waals surface area contributed by atoms with Crippen LogP contribution in [-0.2, 0) is 33.4 Å². The number of pyridine rings is 1. The van der Waals surface area contributed by atoms with Crippen LogP contribution < -0.4 is 16.1 Å². The summed E-state index contributed by atoms with van der Waals surface area (Å²) in [5.41, 5.74) is 2.27. The molecular formula is C34H43Cl3FN5O7. The zero-order chi connectivity index (χ0) is 37.6. The van der Waals surface area contributed by atoms with Crippen molar-refractivity contribution in [2.75, 3.05) is 13.2 Å². The van der Waals surface area contributed by atoms with Gasteiger partial charge in [-0.25, -0.2) is 14.8 Å². The van der Waals surface area contributed by atoms with Crippen molar-refractivity contribution >= 4 is 81.4 Å². The van der Waals surface area contributed by atoms with E-state index >= 15 is 4.39 Å². The number of ether oxygens (including phenoxy) is 2. The van der Waals surface area contributed by atoms with Crippen molar-refractivity contribution in [2.45, 2.75) is 89.3 Å². The molecule has 3 rings (SSSR count). The first-order chi connectivity index (χ1) is 23.2. The molecule has 16 heteroatoms. The van der Waals surface area contributed by atoms with Gasteiger partial charge in [-0.05, 0) is 52.5 Å². The van der Waals surface area contributed by atoms with Gasteiger partial charge < -0.3 is 20.1 Å². The summed E-state index contributed by atoms with van der Waals surface area (Å²) in [5.74, 6) is -3.75. The molecule has 1 saturated heterocycles. The van der Waals surface area contributed by atoms with Gasteiger partial charge in [0.05, 0.1) is 11.1 Å². The number of benzene rings is 1. The molecule has 1 aromatic carbocycles. The topological polar surface area (TPSA) is 156 Å². The number of hydrazine groups is 1. The largest absolute Gasteiger partial charge is 0.460 e. The molecule has 12 nitrogen and oxygen atoms in total. The van der Waals surface area contributed by atoms with E-state index < -0.39 is 75.5 Å². The summed E-state index contributed by atoms with van der Waals surface area (Å²) < 4.78 is 24.0. The van der Waals surface area contributed by atoms with Gasteiger partial charge >= 0.3 is 11.9 Å². The number of halogens is 4. The summed E-state index contributed by atoms with van der Waals surface area (Å²) in [5, 5.41) is 7.19. The smallest absolute Gasteiger partial charge is 0.325 e. The first kappa shape index (κ1) is 40.9. The third-order valence-electron chi connectivity index (χ3n) is 7.96. The number of carbonyl (C=O) groups excluding carboxylic acids is 5. The minimum atomic E-state index is -1.78. The van der Waals surface area contributed by atoms with E-state index in [1.54, 1.807) is 58.9 Å². The highest BCUT2D eigenvalue weighted by atomic mass is 35.6. The van der Waals surface area contributed by atoms with Gasteiger partial charge in [-0.1, -0.05) is 79.0 Å². The van der Waals surface area contributed by atoms with Gasteiger partial charge in [-0.2, -0.15) is 0 Å². The van der Waals surface area contributed by atoms with Crippen molar-refractivity contribution in [3.63, 3.8) is 0 Å². The highest BCUT2D eigenvalue weighted by molar-refractivity contribution is 6.67. The summed E-state index contributed by atoms with van der Waals surface area (Å²) in [6.07, 6.45) is 3.19. The molecule has 3 amide bonds. The molecule has 1 fully saturated rings. The number of hydrogen-bond donors (Lipinski definition) is 3. The minimum absolute atomic E-state index is 0.0846. The maximum Gasteiger partial charge on any atom is 0.325 e. The summed E-state index contributed by atoms with van der Waals surface area (Å²) >= 11 is 16.9. The molecule has 1 aromatic heterocycles. The van der Waals surface area contributed by atoms with Crippen LogP contribution in [0, 0.1) is 17.2 Å². The van der Waals surface area contributed by atoms with Crippen LogP contribution >= 0.6 is 34.8 Å². The fourth-order valence-corrected chi connectivity index (χ4v) is 5.22. The minimum Gasteiger partial charge on any atom is -0.460 e. The van der Waals surface area contributed by atoms with Crippen LogP contribution in [0.25, 0.3) is 17.0 Å². The van der Waals surface area contributed by atoms with E-state index in [2.05, 4.69) is 21.0 Å². The molecular weight excluding hydrogens is 716 g/mol. The average Bonchev–Trinajstić information content (AvgIpc) is 3.04. The fraction of sp³-hybridized carbons (Fsp3) is 0.529. The number of aromatic nitrogens is 1. The van der Waals surface area contributed by atoms with E-state index in [0.29, 0.717) is 23.9 Å². The first-order valence-corrected chi connectivity index (χ1v) is 17.2. The molecule has 1 aliphatic rings. The Kier molecular flexibility index (Phi) is 14.0. The number of rotatable bonds is 12. The van der Waals surface area contributed by atoms with Crippen LogP contribution in [0.1, 0.15) is 78.7 Å². The zero-order valence-corrected chi connectivity index (χ0v) is 31.2. The summed E-state index contributed by atoms with van der Waals surface area (Å²) in [7, 11) is 0. The second-order valence-corrected chi connectivity index (χ2v) is 15.6. The van der Waals surface area contributed by atoms with Gasteiger partial charge in [0.15, 0.2) is 5.82 Å². The fourth-order valence-electron chi connectivity index (χ4n) is 5.05. The molecule has 0 spiro atoms. The van der Waals surface area contributed by atoms with Crippen LogP contribution in [0.2, 0.25) is 0 Å². The van der Waals surface area contributed by atoms with E-state index in [0.717, 1.165) is 0 Å². The average molecular weight is 759 g/mol. The van der Waals surface area contributed by atoms with Gasteiger partial charge in [-0.3, -0.25) is 29.0 Å². The maximum absolute atomic E-state index is 15.6. The van der Waals surface area contributed by atoms with E-state index in [9.17, 15) is 24.0 Å². The number of nitrogens with zero attached hydrogens (tertiary/aromatic N) is 2. The summed E-state index contributed by atoms with van der Waals surface area (Å²) in [6, 6.07) is 3.72. The van der Waals surface area contributed by atoms with Crippen LogP contribution in [-0.4, -0.2) is 74.7 Å². The van der Waals surface area contributed by atoms with Crippen LogP contribution in [0.5, 0.6) is 0 Å². The van der Waals surface area contributed by atoms with Crippen LogP contribution in [0.3, 0.4) is 0 Å². The van der Waals surface area contributed by atoms with Gasteiger partial charge in [0.1, 0.15) is 36.4 Å². The summed E-state index contributed by atoms with van der Waals surface area (Å²) in [4.78, 5) is 68.1. The monoisotopic (exact) mass is 757 g/mol. The Morgan fingerprint density at radius 2 is 1.74 bits per heavy atom. The second kappa shape index (κ2) is 17.1. The van der Waals surface area contributed by atoms with Crippen molar-refractivity contribution in [2.24, 2.45) is 11.3 Å². The van der Waals surface area contributed by atoms with Crippen molar-refractivity contribution in [1.82, 2.24) is 26.1 Å². The molecule has 50 heavy (non-hydrogen) atoms. The van der Waals surface area contributed by atoms with E-state index in [-0.39, 0.29) is 23.5 Å². The van der Waals surface area contributed by atoms with Gasteiger partial charge in [0.25, 0.3) is 5.91 Å². The van der Waals surface area contributed by atoms with Gasteiger partial charge in [0.2, 0.25) is 15.6 Å². The number of carbonyl (C=O) groups is 5. The number of amides is 3. The molecule has 1 aliphatic heterocycles. The number of nitrogens with one attached hydrogen (secondary N) is 3. The molecule has 0 unspecified atom stereocenters. The number of fused-ring (bicyclic) bond motifs is 1. The Hall–Kier alpha value is -3.52. The Bertz CT molecular complexity index is 1630. The number of hydrogen-bond acceptors (Lipinski definition) is 9. The molecule has 0 bridgehead atoms. The first-order valence-electron chi connectivity index (χ1n) is 16.1. The van der Waals surface area contributed by atoms with E-state index in [1.807, 2.05) is 0 Å². The SMILES string of the molecule is CC(=O)O[C@H](C)c1ccc2ccc(C=CC(C)(C)C(=O)N[C@H](C(=O)N[C@@H](C)C(=O)N3CCC[C@@H](C(=O)OCC(Cl)(Cl)Cl)N3)C(C)C)c(F)c2n1. The highest BCUT2D eigenvalue weighted by Gasteiger charge is 2.35. The van der Waals surface area contributed by atoms with Crippen molar-refractivity contribution in [3.8, 4) is 0 Å². The predicted molar refractivity (Wildman–Crippen MR) is 188 cm³/mol. The van der Waals surface area contributed by atoms with Crippen molar-refractivity contribution in [3.05, 3.63) is 47.4 Å². The lowest BCUT2D eigenvalue weighted by atomic mass is 9.89. The number of esters is 2. The molecule has 0 saturated carbocycles. The van der Waals surface area contributed by atoms with Gasteiger partial charge in [-0.15, -0.1) is 0 Å². The lowest BCUT2D eigenvalue weighted by Gasteiger charge is -2.35. The molecule has 2 heterocycles. The molecule has 0 aliphatic carbocycles. The normalized spacial score (nSPS) is 17.3. The third kappa shape index (κ3) is 11.2. The summed E-state index contributed by atoms with van der Waals surface area (Å²) in [6.45, 7) is 11.0. The van der Waals surface area contributed by atoms with Gasteiger partial charge in [0, 0.05) is 24.4 Å². The van der Waals surface area contributed by atoms with E-state index in [4.69, 9.17) is 44.3 Å². The second-order valence-electron chi connectivity index (χ2n) is 13.0. The quantitative estimate of drug-likeness (QED) is 0.198. The Labute approximate surface area is 305 Å². The molecule has 274 valence electrons. The molecule has 3 N–H and O–H groups in total. The zero-order valence-electron chi connectivity index (χ0n) is 28.9. The van der Waals surface area contributed by atoms with Crippen LogP contribution in [0.4, 0.5) is 4.39 Å². The number of alkyl halides is 3. The standard InChI is InChI=1S/C34H43Cl3FN5O7/c1-18(2)27(29(45)39-19(3)30(46)43-16-8-9-25(42-43)31(47)49-17-34(35,36)37)41-32(48)33(6,7)15-14-22-10-11-23-12-13-24(20(4)50-21(5)44)40-28(23)26(22)38/h10-15,18-20,25,27,42H,8-9,16-17H2,1-7H3,(H,39,45)(H,41,48)/t19-,20+,25-,27-/m0/s1.